The number of amidine groups is 1. The summed E-state index contributed by atoms with van der Waals surface area (Å²) in [6, 6.07) is 0. The first kappa shape index (κ1) is 55.4. The summed E-state index contributed by atoms with van der Waals surface area (Å²) in [6.45, 7) is 13.3. The average molecular weight is 814 g/mol. The minimum atomic E-state index is 1.21. The fourth-order valence-corrected chi connectivity index (χ4v) is 9.91. The molecule has 0 bridgehead atoms. The van der Waals surface area contributed by atoms with Gasteiger partial charge in [0, 0.05) is 6.42 Å². The summed E-state index contributed by atoms with van der Waals surface area (Å²) in [5.74, 6) is 1.80. The van der Waals surface area contributed by atoms with Gasteiger partial charge in [0.25, 0.3) is 0 Å². The minimum Gasteiger partial charge on any atom is -0.209 e. The van der Waals surface area contributed by atoms with Crippen LogP contribution in [0.2, 0.25) is 0 Å². The van der Waals surface area contributed by atoms with Crippen LogP contribution < -0.4 is 0 Å². The van der Waals surface area contributed by atoms with E-state index in [0.717, 1.165) is 0 Å². The number of hydrogen-bond acceptors (Lipinski definition) is 0. The molecular weight excluding hydrogens is 701 g/mol. The Hall–Kier alpha value is -0.630. The van der Waals surface area contributed by atoms with Gasteiger partial charge in [-0.05, 0) is 38.5 Å². The Morgan fingerprint density at radius 3 is 0.828 bits per heavy atom. The van der Waals surface area contributed by atoms with E-state index in [0.29, 0.717) is 0 Å². The second-order valence-electron chi connectivity index (χ2n) is 19.6. The van der Waals surface area contributed by atoms with Crippen molar-refractivity contribution in [3.63, 3.8) is 0 Å². The summed E-state index contributed by atoms with van der Waals surface area (Å²) in [5.41, 5.74) is 0. The van der Waals surface area contributed by atoms with E-state index in [9.17, 15) is 0 Å². The lowest BCUT2D eigenvalue weighted by Gasteiger charge is -2.29. The van der Waals surface area contributed by atoms with Crippen LogP contribution in [0.4, 0.5) is 0 Å². The Kier molecular flexibility index (Phi) is 42.4. The lowest BCUT2D eigenvalue weighted by atomic mass is 10.0. The van der Waals surface area contributed by atoms with E-state index < -0.39 is 0 Å². The molecule has 1 atom stereocenters. The van der Waals surface area contributed by atoms with Gasteiger partial charge < -0.3 is 0 Å². The van der Waals surface area contributed by atoms with Gasteiger partial charge in [-0.15, -0.1) is 0 Å². The molecule has 0 amide bonds. The molecule has 1 rings (SSSR count). The molecule has 1 unspecified atom stereocenters. The molecule has 0 aliphatic carbocycles. The SMILES string of the molecule is CCCCCCCCCCCCCC[N+]1(CCCCCCCCCCCCC)C=C[N+](CCCCCCCCCCCCC)=C1CCCCCCCCCCCCC. The highest BCUT2D eigenvalue weighted by atomic mass is 15.4. The van der Waals surface area contributed by atoms with Crippen LogP contribution in [-0.4, -0.2) is 34.5 Å². The molecule has 0 aromatic carbocycles. The van der Waals surface area contributed by atoms with Crippen LogP contribution in [0, 0.1) is 0 Å². The van der Waals surface area contributed by atoms with Crippen molar-refractivity contribution < 1.29 is 9.06 Å². The molecule has 0 fully saturated rings. The summed E-state index contributed by atoms with van der Waals surface area (Å²) >= 11 is 0. The quantitative estimate of drug-likeness (QED) is 0.0327. The van der Waals surface area contributed by atoms with Gasteiger partial charge in [-0.2, -0.15) is 4.58 Å². The van der Waals surface area contributed by atoms with E-state index in [1.54, 1.807) is 5.84 Å². The lowest BCUT2D eigenvalue weighted by Crippen LogP contribution is -2.50. The number of unbranched alkanes of at least 4 members (excludes halogenated alkanes) is 41. The maximum Gasteiger partial charge on any atom is 0.348 e. The van der Waals surface area contributed by atoms with Gasteiger partial charge in [-0.25, -0.2) is 4.48 Å². The zero-order valence-electron chi connectivity index (χ0n) is 41.2. The molecule has 58 heavy (non-hydrogen) atoms. The number of nitrogens with zero attached hydrogens (tertiary/aromatic N) is 2. The van der Waals surface area contributed by atoms with Crippen LogP contribution in [0.5, 0.6) is 0 Å². The Balaban J connectivity index is 2.74. The highest BCUT2D eigenvalue weighted by Crippen LogP contribution is 2.26. The molecule has 0 aromatic rings. The van der Waals surface area contributed by atoms with Crippen molar-refractivity contribution in [3.05, 3.63) is 12.4 Å². The fraction of sp³-hybridized carbons (Fsp3) is 0.946. The van der Waals surface area contributed by atoms with Crippen molar-refractivity contribution >= 4 is 5.84 Å². The molecule has 0 spiro atoms. The Morgan fingerprint density at radius 2 is 0.534 bits per heavy atom. The summed E-state index contributed by atoms with van der Waals surface area (Å²) in [7, 11) is 0. The predicted octanol–water partition coefficient (Wildman–Crippen LogP) is 19.7. The minimum absolute atomic E-state index is 1.21. The topological polar surface area (TPSA) is 3.01 Å². The maximum absolute atomic E-state index is 2.81. The molecule has 1 heterocycles. The first-order valence-corrected chi connectivity index (χ1v) is 27.9. The van der Waals surface area contributed by atoms with Crippen molar-refractivity contribution in [3.8, 4) is 0 Å². The zero-order chi connectivity index (χ0) is 41.7. The van der Waals surface area contributed by atoms with Crippen LogP contribution in [0.3, 0.4) is 0 Å². The van der Waals surface area contributed by atoms with Gasteiger partial charge in [-0.1, -0.05) is 272 Å². The molecule has 1 aliphatic heterocycles. The molecular formula is C56H112N2+2. The Bertz CT molecular complexity index is 874. The van der Waals surface area contributed by atoms with Crippen LogP contribution in [0.25, 0.3) is 0 Å². The van der Waals surface area contributed by atoms with Crippen LogP contribution in [0.15, 0.2) is 12.4 Å². The zero-order valence-corrected chi connectivity index (χ0v) is 41.2. The number of rotatable bonds is 49. The van der Waals surface area contributed by atoms with E-state index >= 15 is 0 Å². The highest BCUT2D eigenvalue weighted by molar-refractivity contribution is 5.72. The van der Waals surface area contributed by atoms with Crippen molar-refractivity contribution in [1.29, 1.82) is 0 Å². The molecule has 0 saturated carbocycles. The van der Waals surface area contributed by atoms with E-state index in [1.807, 2.05) is 0 Å². The molecule has 0 radical (unpaired) electrons. The van der Waals surface area contributed by atoms with E-state index in [1.165, 1.54) is 319 Å². The molecule has 0 N–H and O–H groups in total. The third kappa shape index (κ3) is 33.1. The Morgan fingerprint density at radius 1 is 0.293 bits per heavy atom. The number of quaternary nitrogens is 1. The summed E-state index contributed by atoms with van der Waals surface area (Å²) < 4.78 is 4.02. The Labute approximate surface area is 368 Å². The van der Waals surface area contributed by atoms with Crippen molar-refractivity contribution in [2.75, 3.05) is 19.6 Å². The van der Waals surface area contributed by atoms with Gasteiger partial charge >= 0.3 is 5.84 Å². The molecule has 0 saturated heterocycles. The van der Waals surface area contributed by atoms with E-state index in [-0.39, 0.29) is 0 Å². The molecule has 2 heteroatoms. The largest absolute Gasteiger partial charge is 0.348 e. The summed E-state index contributed by atoms with van der Waals surface area (Å²) in [5, 5.41) is 0. The lowest BCUT2D eigenvalue weighted by molar-refractivity contribution is -0.801. The standard InChI is InChI=1S/C56H112N2/c1-5-9-13-17-21-25-29-33-37-41-45-49-54-58(53-48-44-40-36-32-28-24-20-16-12-8-4)55-52-57(51-47-43-39-35-31-27-23-19-15-11-7-3)56(58)50-46-42-38-34-30-26-22-18-14-10-6-2/h52,55H,5-51,53-54H2,1-4H3/q+2. The number of hydrogen-bond donors (Lipinski definition) is 0. The monoisotopic (exact) mass is 813 g/mol. The first-order chi connectivity index (χ1) is 28.7. The highest BCUT2D eigenvalue weighted by Gasteiger charge is 2.42. The van der Waals surface area contributed by atoms with Gasteiger partial charge in [0.15, 0.2) is 12.7 Å². The first-order valence-electron chi connectivity index (χ1n) is 27.9. The van der Waals surface area contributed by atoms with Gasteiger partial charge in [0.2, 0.25) is 6.20 Å². The second-order valence-corrected chi connectivity index (χ2v) is 19.6. The van der Waals surface area contributed by atoms with Gasteiger partial charge in [0.1, 0.15) is 0 Å². The van der Waals surface area contributed by atoms with Crippen molar-refractivity contribution in [1.82, 2.24) is 0 Å². The van der Waals surface area contributed by atoms with Crippen molar-refractivity contribution in [2.45, 2.75) is 323 Å². The molecule has 1 aliphatic rings. The molecule has 0 aromatic heterocycles. The fourth-order valence-electron chi connectivity index (χ4n) is 9.91. The van der Waals surface area contributed by atoms with Crippen molar-refractivity contribution in [2.24, 2.45) is 0 Å². The van der Waals surface area contributed by atoms with E-state index in [2.05, 4.69) is 44.7 Å². The third-order valence-corrected chi connectivity index (χ3v) is 14.0. The van der Waals surface area contributed by atoms with Gasteiger partial charge in [0.05, 0.1) is 19.5 Å². The maximum atomic E-state index is 2.81. The third-order valence-electron chi connectivity index (χ3n) is 14.0. The second kappa shape index (κ2) is 44.4. The van der Waals surface area contributed by atoms with Crippen LogP contribution in [0.1, 0.15) is 323 Å². The van der Waals surface area contributed by atoms with Crippen LogP contribution >= 0.6 is 0 Å². The summed E-state index contributed by atoms with van der Waals surface area (Å²) in [4.78, 5) is 0. The van der Waals surface area contributed by atoms with Gasteiger partial charge in [-0.3, -0.25) is 0 Å². The van der Waals surface area contributed by atoms with E-state index in [4.69, 9.17) is 0 Å². The molecule has 344 valence electrons. The smallest absolute Gasteiger partial charge is 0.209 e. The average Bonchev–Trinajstić information content (AvgIpc) is 3.57. The normalized spacial score (nSPS) is 15.4. The summed E-state index contributed by atoms with van der Waals surface area (Å²) in [6.07, 6.45) is 71.5. The van der Waals surface area contributed by atoms with Crippen LogP contribution in [-0.2, 0) is 0 Å². The molecule has 2 nitrogen and oxygen atoms in total. The predicted molar refractivity (Wildman–Crippen MR) is 264 cm³/mol.